The van der Waals surface area contributed by atoms with E-state index in [9.17, 15) is 35.7 Å². The molecule has 2 aliphatic heterocycles. The molecule has 11 nitrogen and oxygen atoms in total. The molecular weight excluding hydrogens is 464 g/mol. The van der Waals surface area contributed by atoms with Crippen molar-refractivity contribution in [2.75, 3.05) is 19.8 Å². The first kappa shape index (κ1) is 30.8. The molecular formula is C24H46O11. The Labute approximate surface area is 207 Å². The van der Waals surface area contributed by atoms with E-state index in [1.54, 1.807) is 0 Å². The van der Waals surface area contributed by atoms with Gasteiger partial charge >= 0.3 is 0 Å². The van der Waals surface area contributed by atoms with Crippen LogP contribution in [0.4, 0.5) is 0 Å². The molecule has 35 heavy (non-hydrogen) atoms. The molecule has 0 aromatic rings. The fourth-order valence-electron chi connectivity index (χ4n) is 4.48. The van der Waals surface area contributed by atoms with Crippen LogP contribution in [0.5, 0.6) is 0 Å². The van der Waals surface area contributed by atoms with Gasteiger partial charge in [-0.25, -0.2) is 0 Å². The third kappa shape index (κ3) is 9.11. The summed E-state index contributed by atoms with van der Waals surface area (Å²) in [6.07, 6.45) is -2.63. The number of hydrogen-bond acceptors (Lipinski definition) is 11. The van der Waals surface area contributed by atoms with Gasteiger partial charge in [0, 0.05) is 6.61 Å². The van der Waals surface area contributed by atoms with Crippen molar-refractivity contribution >= 4 is 0 Å². The summed E-state index contributed by atoms with van der Waals surface area (Å²) in [6, 6.07) is 0. The van der Waals surface area contributed by atoms with E-state index in [0.29, 0.717) is 6.61 Å². The van der Waals surface area contributed by atoms with E-state index in [2.05, 4.69) is 6.92 Å². The van der Waals surface area contributed by atoms with Gasteiger partial charge < -0.3 is 54.7 Å². The summed E-state index contributed by atoms with van der Waals surface area (Å²) >= 11 is 0. The molecule has 2 aliphatic rings. The molecule has 0 spiro atoms. The molecule has 0 unspecified atom stereocenters. The van der Waals surface area contributed by atoms with Crippen LogP contribution in [-0.2, 0) is 18.9 Å². The van der Waals surface area contributed by atoms with Crippen LogP contribution in [0.2, 0.25) is 0 Å². The lowest BCUT2D eigenvalue weighted by atomic mass is 9.97. The van der Waals surface area contributed by atoms with Crippen molar-refractivity contribution in [3.8, 4) is 0 Å². The fourth-order valence-corrected chi connectivity index (χ4v) is 4.48. The van der Waals surface area contributed by atoms with Crippen molar-refractivity contribution < 1.29 is 54.7 Å². The minimum absolute atomic E-state index is 0.321. The Morgan fingerprint density at radius 3 is 1.66 bits per heavy atom. The van der Waals surface area contributed by atoms with Crippen molar-refractivity contribution in [3.63, 3.8) is 0 Å². The predicted octanol–water partition coefficient (Wildman–Crippen LogP) is -0.452. The predicted molar refractivity (Wildman–Crippen MR) is 124 cm³/mol. The molecule has 0 radical (unpaired) electrons. The van der Waals surface area contributed by atoms with Crippen LogP contribution < -0.4 is 0 Å². The molecule has 208 valence electrons. The second-order valence-electron chi connectivity index (χ2n) is 9.56. The number of ether oxygens (including phenoxy) is 4. The van der Waals surface area contributed by atoms with Crippen LogP contribution in [0, 0.1) is 0 Å². The smallest absolute Gasteiger partial charge is 0.187 e. The molecule has 11 heteroatoms. The molecule has 2 rings (SSSR count). The molecule has 0 saturated carbocycles. The van der Waals surface area contributed by atoms with Gasteiger partial charge in [0.05, 0.1) is 13.2 Å². The average molecular weight is 511 g/mol. The highest BCUT2D eigenvalue weighted by Gasteiger charge is 2.50. The summed E-state index contributed by atoms with van der Waals surface area (Å²) in [4.78, 5) is 0. The van der Waals surface area contributed by atoms with Crippen LogP contribution in [0.1, 0.15) is 71.1 Å². The highest BCUT2D eigenvalue weighted by atomic mass is 16.7. The number of aliphatic hydroxyl groups excluding tert-OH is 7. The largest absolute Gasteiger partial charge is 0.394 e. The van der Waals surface area contributed by atoms with E-state index in [4.69, 9.17) is 18.9 Å². The molecule has 2 fully saturated rings. The Hall–Kier alpha value is -0.440. The van der Waals surface area contributed by atoms with Gasteiger partial charge in [-0.05, 0) is 6.42 Å². The Morgan fingerprint density at radius 2 is 1.09 bits per heavy atom. The molecule has 0 aromatic heterocycles. The lowest BCUT2D eigenvalue weighted by Crippen LogP contribution is -2.64. The van der Waals surface area contributed by atoms with E-state index >= 15 is 0 Å². The van der Waals surface area contributed by atoms with Crippen LogP contribution in [0.15, 0.2) is 0 Å². The Kier molecular flexibility index (Phi) is 14.4. The van der Waals surface area contributed by atoms with Crippen LogP contribution >= 0.6 is 0 Å². The van der Waals surface area contributed by atoms with Gasteiger partial charge in [0.25, 0.3) is 0 Å². The summed E-state index contributed by atoms with van der Waals surface area (Å²) in [5.74, 6) is 0. The van der Waals surface area contributed by atoms with Gasteiger partial charge in [-0.3, -0.25) is 0 Å². The minimum atomic E-state index is -1.69. The molecule has 2 heterocycles. The standard InChI is InChI=1S/C24H46O11/c1-2-3-4-5-6-7-8-9-10-11-12-32-23-21(31)19(29)22(16(14-26)34-23)35-24-20(30)18(28)17(27)15(13-25)33-24/h15-31H,2-14H2,1H3/t15-,16-,17-,18+,19-,20-,21-,22-,23+,24+/m1/s1. The molecule has 2 saturated heterocycles. The van der Waals surface area contributed by atoms with Crippen molar-refractivity contribution in [1.82, 2.24) is 0 Å². The highest BCUT2D eigenvalue weighted by Crippen LogP contribution is 2.29. The molecule has 0 aliphatic carbocycles. The topological polar surface area (TPSA) is 179 Å². The van der Waals surface area contributed by atoms with E-state index in [1.165, 1.54) is 44.9 Å². The van der Waals surface area contributed by atoms with E-state index in [-0.39, 0.29) is 0 Å². The third-order valence-corrected chi connectivity index (χ3v) is 6.74. The highest BCUT2D eigenvalue weighted by molar-refractivity contribution is 4.94. The molecule has 10 atom stereocenters. The number of hydrogen-bond donors (Lipinski definition) is 7. The summed E-state index contributed by atoms with van der Waals surface area (Å²) in [5, 5.41) is 70.1. The van der Waals surface area contributed by atoms with Crippen molar-refractivity contribution in [2.45, 2.75) is 133 Å². The summed E-state index contributed by atoms with van der Waals surface area (Å²) < 4.78 is 22.0. The summed E-state index contributed by atoms with van der Waals surface area (Å²) in [7, 11) is 0. The van der Waals surface area contributed by atoms with Crippen LogP contribution in [0.25, 0.3) is 0 Å². The van der Waals surface area contributed by atoms with Gasteiger partial charge in [-0.2, -0.15) is 0 Å². The third-order valence-electron chi connectivity index (χ3n) is 6.74. The van der Waals surface area contributed by atoms with Crippen molar-refractivity contribution in [1.29, 1.82) is 0 Å². The first-order valence-electron chi connectivity index (χ1n) is 13.1. The maximum Gasteiger partial charge on any atom is 0.187 e. The normalized spacial score (nSPS) is 38.1. The van der Waals surface area contributed by atoms with Crippen molar-refractivity contribution in [3.05, 3.63) is 0 Å². The maximum atomic E-state index is 10.6. The number of rotatable bonds is 16. The van der Waals surface area contributed by atoms with Gasteiger partial charge in [-0.15, -0.1) is 0 Å². The Morgan fingerprint density at radius 1 is 0.571 bits per heavy atom. The Bertz CT molecular complexity index is 550. The summed E-state index contributed by atoms with van der Waals surface area (Å²) in [5.41, 5.74) is 0. The summed E-state index contributed by atoms with van der Waals surface area (Å²) in [6.45, 7) is 1.31. The van der Waals surface area contributed by atoms with E-state index in [0.717, 1.165) is 19.3 Å². The fraction of sp³-hybridized carbons (Fsp3) is 1.00. The van der Waals surface area contributed by atoms with Crippen molar-refractivity contribution in [2.24, 2.45) is 0 Å². The van der Waals surface area contributed by atoms with E-state index in [1.807, 2.05) is 0 Å². The molecule has 0 amide bonds. The maximum absolute atomic E-state index is 10.6. The Balaban J connectivity index is 1.74. The van der Waals surface area contributed by atoms with Gasteiger partial charge in [0.2, 0.25) is 0 Å². The minimum Gasteiger partial charge on any atom is -0.394 e. The number of aliphatic hydroxyl groups is 7. The molecule has 7 N–H and O–H groups in total. The second kappa shape index (κ2) is 16.4. The first-order valence-corrected chi connectivity index (χ1v) is 13.1. The quantitative estimate of drug-likeness (QED) is 0.134. The monoisotopic (exact) mass is 510 g/mol. The zero-order chi connectivity index (χ0) is 25.8. The van der Waals surface area contributed by atoms with Crippen LogP contribution in [-0.4, -0.2) is 117 Å². The number of unbranched alkanes of at least 4 members (excludes halogenated alkanes) is 9. The zero-order valence-electron chi connectivity index (χ0n) is 20.7. The van der Waals surface area contributed by atoms with Gasteiger partial charge in [-0.1, -0.05) is 64.7 Å². The lowest BCUT2D eigenvalue weighted by Gasteiger charge is -2.45. The zero-order valence-corrected chi connectivity index (χ0v) is 20.7. The van der Waals surface area contributed by atoms with Gasteiger partial charge in [0.15, 0.2) is 12.6 Å². The van der Waals surface area contributed by atoms with Crippen LogP contribution in [0.3, 0.4) is 0 Å². The average Bonchev–Trinajstić information content (AvgIpc) is 2.86. The van der Waals surface area contributed by atoms with E-state index < -0.39 is 74.6 Å². The second-order valence-corrected chi connectivity index (χ2v) is 9.56. The first-order chi connectivity index (χ1) is 16.8. The molecule has 0 aromatic carbocycles. The SMILES string of the molecule is CCCCCCCCCCCCO[C@H]1O[C@H](CO)[C@@H](O[C@@H]2O[C@H](CO)[C@@H](O)[C@H](O)[C@H]2O)[C@H](O)[C@H]1O. The van der Waals surface area contributed by atoms with Gasteiger partial charge in [0.1, 0.15) is 48.8 Å². The lowest BCUT2D eigenvalue weighted by molar-refractivity contribution is -0.359. The molecule has 0 bridgehead atoms.